The molecule has 1 aromatic carbocycles. The number of ketones is 1. The predicted octanol–water partition coefficient (Wildman–Crippen LogP) is 2.16. The lowest BCUT2D eigenvalue weighted by Crippen LogP contribution is -2.83. The van der Waals surface area contributed by atoms with Crippen molar-refractivity contribution in [3.8, 4) is 0 Å². The number of rotatable bonds is 6. The first kappa shape index (κ1) is 29.7. The van der Waals surface area contributed by atoms with Crippen molar-refractivity contribution in [2.24, 2.45) is 17.8 Å². The first-order valence-electron chi connectivity index (χ1n) is 13.3. The molecule has 1 saturated heterocycles. The Bertz CT molecular complexity index is 1210. The summed E-state index contributed by atoms with van der Waals surface area (Å²) in [6.45, 7) is 9.86. The Labute approximate surface area is 232 Å². The molecule has 1 N–H and O–H groups in total. The number of hydrogen-bond donors (Lipinski definition) is 1. The molecule has 40 heavy (non-hydrogen) atoms. The van der Waals surface area contributed by atoms with E-state index in [2.05, 4.69) is 0 Å². The fraction of sp³-hybridized carbons (Fsp3) is 0.621. The molecule has 1 heterocycles. The van der Waals surface area contributed by atoms with Crippen molar-refractivity contribution in [2.75, 3.05) is 0 Å². The van der Waals surface area contributed by atoms with Crippen molar-refractivity contribution in [2.45, 2.75) is 96.1 Å². The monoisotopic (exact) mass is 560 g/mol. The lowest BCUT2D eigenvalue weighted by molar-refractivity contribution is -0.338. The van der Waals surface area contributed by atoms with E-state index in [-0.39, 0.29) is 17.8 Å². The van der Waals surface area contributed by atoms with Gasteiger partial charge in [0.15, 0.2) is 17.8 Å². The third kappa shape index (κ3) is 4.49. The van der Waals surface area contributed by atoms with Gasteiger partial charge in [-0.2, -0.15) is 0 Å². The van der Waals surface area contributed by atoms with Crippen molar-refractivity contribution < 1.29 is 52.8 Å². The highest BCUT2D eigenvalue weighted by Gasteiger charge is 2.85. The first-order valence-corrected chi connectivity index (χ1v) is 13.3. The molecule has 2 bridgehead atoms. The third-order valence-corrected chi connectivity index (χ3v) is 8.49. The van der Waals surface area contributed by atoms with Gasteiger partial charge in [0.05, 0.1) is 23.0 Å². The SMILES string of the molecule is CC(=O)O[C@@H]1[C@@H]2[C@@H](OC(C)=O)[C@]3(OC2(C)C)C(C)C[C@H](C(C)=O)[C@H](OC(C)=O)[C@@]3(O)[C@H]1OC(=O)c1ccccc1. The van der Waals surface area contributed by atoms with E-state index in [1.807, 2.05) is 0 Å². The Morgan fingerprint density at radius 1 is 0.825 bits per heavy atom. The van der Waals surface area contributed by atoms with Crippen LogP contribution in [0.25, 0.3) is 0 Å². The van der Waals surface area contributed by atoms with Crippen LogP contribution in [0.15, 0.2) is 30.3 Å². The fourth-order valence-electron chi connectivity index (χ4n) is 7.19. The summed E-state index contributed by atoms with van der Waals surface area (Å²) in [5.41, 5.74) is -5.38. The van der Waals surface area contributed by atoms with Crippen LogP contribution < -0.4 is 0 Å². The van der Waals surface area contributed by atoms with Gasteiger partial charge in [-0.1, -0.05) is 25.1 Å². The number of aliphatic hydroxyl groups is 1. The number of carbonyl (C=O) groups is 5. The highest BCUT2D eigenvalue weighted by molar-refractivity contribution is 5.89. The zero-order valence-corrected chi connectivity index (χ0v) is 23.7. The van der Waals surface area contributed by atoms with E-state index in [1.165, 1.54) is 26.0 Å². The maximum absolute atomic E-state index is 13.5. The number of benzene rings is 1. The Morgan fingerprint density at radius 2 is 1.38 bits per heavy atom. The van der Waals surface area contributed by atoms with Gasteiger partial charge in [0.25, 0.3) is 0 Å². The summed E-state index contributed by atoms with van der Waals surface area (Å²) in [7, 11) is 0. The number of hydrogen-bond acceptors (Lipinski definition) is 11. The molecule has 1 aromatic rings. The van der Waals surface area contributed by atoms with Gasteiger partial charge in [-0.05, 0) is 45.2 Å². The average molecular weight is 561 g/mol. The van der Waals surface area contributed by atoms with Crippen molar-refractivity contribution >= 4 is 29.7 Å². The number of ether oxygens (including phenoxy) is 5. The number of esters is 4. The molecule has 11 nitrogen and oxygen atoms in total. The average Bonchev–Trinajstić information content (AvgIpc) is 3.04. The molecule has 0 aromatic heterocycles. The molecule has 0 radical (unpaired) electrons. The Balaban J connectivity index is 2.04. The number of fused-ring (bicyclic) bond motifs is 1. The second-order valence-electron chi connectivity index (χ2n) is 11.5. The zero-order valence-electron chi connectivity index (χ0n) is 23.7. The van der Waals surface area contributed by atoms with Gasteiger partial charge < -0.3 is 28.8 Å². The van der Waals surface area contributed by atoms with E-state index in [1.54, 1.807) is 39.0 Å². The van der Waals surface area contributed by atoms with Crippen LogP contribution in [0.4, 0.5) is 0 Å². The van der Waals surface area contributed by atoms with E-state index in [9.17, 15) is 29.1 Å². The molecule has 1 aliphatic heterocycles. The smallest absolute Gasteiger partial charge is 0.338 e. The normalized spacial score (nSPS) is 37.5. The van der Waals surface area contributed by atoms with Crippen LogP contribution in [0.2, 0.25) is 0 Å². The van der Waals surface area contributed by atoms with E-state index in [0.717, 1.165) is 13.8 Å². The lowest BCUT2D eigenvalue weighted by Gasteiger charge is -2.62. The van der Waals surface area contributed by atoms with Crippen LogP contribution >= 0.6 is 0 Å². The third-order valence-electron chi connectivity index (χ3n) is 8.49. The van der Waals surface area contributed by atoms with Crippen LogP contribution in [0.1, 0.15) is 65.2 Å². The summed E-state index contributed by atoms with van der Waals surface area (Å²) in [5, 5.41) is 13.0. The zero-order chi connectivity index (χ0) is 29.8. The van der Waals surface area contributed by atoms with E-state index in [0.29, 0.717) is 0 Å². The van der Waals surface area contributed by atoms with Gasteiger partial charge in [0, 0.05) is 20.8 Å². The van der Waals surface area contributed by atoms with E-state index < -0.39 is 82.8 Å². The molecule has 3 fully saturated rings. The van der Waals surface area contributed by atoms with Crippen LogP contribution in [-0.4, -0.2) is 76.0 Å². The van der Waals surface area contributed by atoms with Crippen LogP contribution in [0.3, 0.4) is 0 Å². The van der Waals surface area contributed by atoms with Gasteiger partial charge in [0.1, 0.15) is 23.6 Å². The number of carbonyl (C=O) groups excluding carboxylic acids is 5. The molecular formula is C29H36O11. The summed E-state index contributed by atoms with van der Waals surface area (Å²) in [5.74, 6) is -6.13. The minimum absolute atomic E-state index is 0.105. The van der Waals surface area contributed by atoms with Gasteiger partial charge in [-0.15, -0.1) is 0 Å². The quantitative estimate of drug-likeness (QED) is 0.402. The Morgan fingerprint density at radius 3 is 1.90 bits per heavy atom. The molecule has 4 rings (SSSR count). The molecule has 218 valence electrons. The van der Waals surface area contributed by atoms with E-state index >= 15 is 0 Å². The van der Waals surface area contributed by atoms with Crippen molar-refractivity contribution in [3.63, 3.8) is 0 Å². The second-order valence-corrected chi connectivity index (χ2v) is 11.5. The maximum Gasteiger partial charge on any atom is 0.338 e. The van der Waals surface area contributed by atoms with Crippen molar-refractivity contribution in [1.29, 1.82) is 0 Å². The molecule has 3 aliphatic rings. The molecule has 2 saturated carbocycles. The summed E-state index contributed by atoms with van der Waals surface area (Å²) < 4.78 is 29.9. The fourth-order valence-corrected chi connectivity index (χ4v) is 7.19. The van der Waals surface area contributed by atoms with Gasteiger partial charge in [0.2, 0.25) is 0 Å². The Kier molecular flexibility index (Phi) is 7.61. The highest BCUT2D eigenvalue weighted by Crippen LogP contribution is 2.65. The number of Topliss-reactive ketones (excluding diaryl/α,β-unsaturated/α-hetero) is 1. The molecule has 9 atom stereocenters. The van der Waals surface area contributed by atoms with Gasteiger partial charge in [-0.25, -0.2) is 4.79 Å². The van der Waals surface area contributed by atoms with Gasteiger partial charge in [-0.3, -0.25) is 19.2 Å². The predicted molar refractivity (Wildman–Crippen MR) is 137 cm³/mol. The van der Waals surface area contributed by atoms with Crippen molar-refractivity contribution in [1.82, 2.24) is 0 Å². The molecule has 1 spiro atoms. The van der Waals surface area contributed by atoms with Crippen LogP contribution in [-0.2, 0) is 42.9 Å². The minimum Gasteiger partial charge on any atom is -0.459 e. The molecule has 2 aliphatic carbocycles. The van der Waals surface area contributed by atoms with E-state index in [4.69, 9.17) is 23.7 Å². The summed E-state index contributed by atoms with van der Waals surface area (Å²) in [4.78, 5) is 63.7. The van der Waals surface area contributed by atoms with Crippen LogP contribution in [0.5, 0.6) is 0 Å². The molecular weight excluding hydrogens is 524 g/mol. The topological polar surface area (TPSA) is 152 Å². The molecule has 11 heteroatoms. The van der Waals surface area contributed by atoms with Gasteiger partial charge >= 0.3 is 23.9 Å². The standard InChI is InChI=1S/C29H36O11/c1-14-13-20(15(2)30)23(37-17(4)32)28(35)25(39-26(34)19-11-9-8-10-12-19)22(36-16(3)31)21-24(38-18(5)33)29(14,28)40-27(21,6)7/h8-12,14,20-25,35H,13H2,1-7H3/t14?,20-,21-,22-,23+,24-,25+,28-,29-/m1/s1. The Hall–Kier alpha value is -3.31. The minimum atomic E-state index is -2.50. The van der Waals surface area contributed by atoms with Crippen molar-refractivity contribution in [3.05, 3.63) is 35.9 Å². The van der Waals surface area contributed by atoms with Crippen LogP contribution in [0, 0.1) is 17.8 Å². The summed E-state index contributed by atoms with van der Waals surface area (Å²) in [6.07, 6.45) is -5.81. The second kappa shape index (κ2) is 10.3. The maximum atomic E-state index is 13.5. The summed E-state index contributed by atoms with van der Waals surface area (Å²) in [6, 6.07) is 7.97. The first-order chi connectivity index (χ1) is 18.6. The molecule has 1 unspecified atom stereocenters. The summed E-state index contributed by atoms with van der Waals surface area (Å²) >= 11 is 0. The highest BCUT2D eigenvalue weighted by atomic mass is 16.6. The largest absolute Gasteiger partial charge is 0.459 e. The lowest BCUT2D eigenvalue weighted by atomic mass is 9.50. The molecule has 0 amide bonds.